The van der Waals surface area contributed by atoms with Gasteiger partial charge in [-0.3, -0.25) is 23.9 Å². The van der Waals surface area contributed by atoms with Crippen LogP contribution in [0.3, 0.4) is 0 Å². The van der Waals surface area contributed by atoms with E-state index in [-0.39, 0.29) is 16.7 Å². The standard InChI is InChI=1S/C25H23N3O4S2/c1-4-26-19(32-17-12-11-15-9-7-8-10-16(15)20(17)26)14-13-18-22(29)27(5-2)24(33-18)21-23(30)28(6-3)25(31)34-21/h7-14H,4-6H2,1-3H3/b18-13+,19-14-,24-21+. The number of fused-ring (bicyclic) bond motifs is 3. The molecule has 0 atom stereocenters. The molecule has 1 fully saturated rings. The first-order chi connectivity index (χ1) is 16.5. The highest BCUT2D eigenvalue weighted by molar-refractivity contribution is 8.23. The predicted octanol–water partition coefficient (Wildman–Crippen LogP) is 3.45. The molecule has 9 heteroatoms. The number of hydrogen-bond acceptors (Lipinski definition) is 7. The summed E-state index contributed by atoms with van der Waals surface area (Å²) in [7, 11) is 0. The van der Waals surface area contributed by atoms with E-state index in [9.17, 15) is 14.4 Å². The molecule has 0 spiro atoms. The lowest BCUT2D eigenvalue weighted by Crippen LogP contribution is -2.33. The van der Waals surface area contributed by atoms with Gasteiger partial charge in [0, 0.05) is 31.1 Å². The SMILES string of the molecule is CCN1C(=O)S/C(=c2/s/c(=C/C=C3\Oc4ccc5ccccc5c4N3CC)c(=O)n2CC)C1=O. The van der Waals surface area contributed by atoms with Crippen molar-refractivity contribution in [3.63, 3.8) is 0 Å². The summed E-state index contributed by atoms with van der Waals surface area (Å²) >= 11 is 2.12. The van der Waals surface area contributed by atoms with Gasteiger partial charge < -0.3 is 9.64 Å². The van der Waals surface area contributed by atoms with Crippen molar-refractivity contribution < 1.29 is 14.3 Å². The molecule has 3 aromatic rings. The van der Waals surface area contributed by atoms with Crippen LogP contribution in [0.4, 0.5) is 10.5 Å². The highest BCUT2D eigenvalue weighted by atomic mass is 32.2. The highest BCUT2D eigenvalue weighted by Crippen LogP contribution is 2.44. The van der Waals surface area contributed by atoms with Crippen LogP contribution in [-0.2, 0) is 11.3 Å². The quantitative estimate of drug-likeness (QED) is 0.555. The Morgan fingerprint density at radius 3 is 2.38 bits per heavy atom. The second kappa shape index (κ2) is 8.81. The number of carbonyl (C=O) groups is 2. The Morgan fingerprint density at radius 1 is 0.912 bits per heavy atom. The van der Waals surface area contributed by atoms with Gasteiger partial charge in [-0.25, -0.2) is 0 Å². The molecule has 174 valence electrons. The van der Waals surface area contributed by atoms with Crippen LogP contribution >= 0.6 is 23.1 Å². The summed E-state index contributed by atoms with van der Waals surface area (Å²) in [5, 5.41) is 1.94. The van der Waals surface area contributed by atoms with Gasteiger partial charge in [0.05, 0.1) is 10.2 Å². The molecule has 0 radical (unpaired) electrons. The van der Waals surface area contributed by atoms with Crippen LogP contribution in [0.1, 0.15) is 20.8 Å². The van der Waals surface area contributed by atoms with E-state index in [1.54, 1.807) is 23.6 Å². The van der Waals surface area contributed by atoms with Crippen LogP contribution in [0.5, 0.6) is 5.75 Å². The number of amides is 2. The van der Waals surface area contributed by atoms with Gasteiger partial charge in [-0.1, -0.05) is 30.3 Å². The molecule has 0 N–H and O–H groups in total. The van der Waals surface area contributed by atoms with Crippen LogP contribution < -0.4 is 24.4 Å². The van der Waals surface area contributed by atoms with E-state index < -0.39 is 0 Å². The minimum atomic E-state index is -0.343. The lowest BCUT2D eigenvalue weighted by atomic mass is 10.1. The predicted molar refractivity (Wildman–Crippen MR) is 137 cm³/mol. The maximum Gasteiger partial charge on any atom is 0.293 e. The zero-order valence-electron chi connectivity index (χ0n) is 19.0. The third-order valence-corrected chi connectivity index (χ3v) is 8.14. The number of ether oxygens (including phenoxy) is 1. The van der Waals surface area contributed by atoms with Crippen LogP contribution in [0.15, 0.2) is 53.2 Å². The van der Waals surface area contributed by atoms with Gasteiger partial charge >= 0.3 is 0 Å². The van der Waals surface area contributed by atoms with Crippen molar-refractivity contribution in [1.82, 2.24) is 9.47 Å². The summed E-state index contributed by atoms with van der Waals surface area (Å²) in [6.07, 6.45) is 3.53. The van der Waals surface area contributed by atoms with Crippen molar-refractivity contribution in [3.8, 4) is 5.75 Å². The zero-order valence-corrected chi connectivity index (χ0v) is 20.7. The minimum Gasteiger partial charge on any atom is -0.439 e. The Balaban J connectivity index is 1.61. The number of carbonyl (C=O) groups excluding carboxylic acids is 2. The molecule has 3 heterocycles. The Labute approximate surface area is 204 Å². The van der Waals surface area contributed by atoms with Crippen LogP contribution in [0.2, 0.25) is 0 Å². The first kappa shape index (κ1) is 22.5. The largest absolute Gasteiger partial charge is 0.439 e. The number of aromatic nitrogens is 1. The number of nitrogens with zero attached hydrogens (tertiary/aromatic N) is 3. The molecule has 2 aliphatic heterocycles. The number of rotatable bonds is 4. The van der Waals surface area contributed by atoms with Crippen molar-refractivity contribution in [3.05, 3.63) is 67.9 Å². The molecule has 34 heavy (non-hydrogen) atoms. The third-order valence-electron chi connectivity index (χ3n) is 5.89. The Kier molecular flexibility index (Phi) is 5.83. The van der Waals surface area contributed by atoms with Crippen molar-refractivity contribution in [2.24, 2.45) is 0 Å². The number of allylic oxidation sites excluding steroid dienone is 1. The van der Waals surface area contributed by atoms with Gasteiger partial charge in [0.2, 0.25) is 5.88 Å². The first-order valence-electron chi connectivity index (χ1n) is 11.1. The number of anilines is 1. The third kappa shape index (κ3) is 3.47. The molecule has 0 bridgehead atoms. The fraction of sp³-hybridized carbons (Fsp3) is 0.240. The maximum absolute atomic E-state index is 13.1. The summed E-state index contributed by atoms with van der Waals surface area (Å²) in [4.78, 5) is 41.6. The molecule has 0 aliphatic carbocycles. The minimum absolute atomic E-state index is 0.188. The fourth-order valence-electron chi connectivity index (χ4n) is 4.25. The lowest BCUT2D eigenvalue weighted by molar-refractivity contribution is -0.121. The molecule has 2 aromatic carbocycles. The average Bonchev–Trinajstić information content (AvgIpc) is 3.47. The van der Waals surface area contributed by atoms with Gasteiger partial charge in [0.15, 0.2) is 5.75 Å². The van der Waals surface area contributed by atoms with E-state index in [2.05, 4.69) is 24.0 Å². The van der Waals surface area contributed by atoms with Crippen LogP contribution in [0, 0.1) is 0 Å². The summed E-state index contributed by atoms with van der Waals surface area (Å²) in [5.74, 6) is 1.07. The molecular formula is C25H23N3O4S2. The van der Waals surface area contributed by atoms with Gasteiger partial charge in [-0.05, 0) is 50.1 Å². The smallest absolute Gasteiger partial charge is 0.293 e. The normalized spacial score (nSPS) is 19.0. The molecular weight excluding hydrogens is 470 g/mol. The number of thiazole rings is 1. The Hall–Kier alpha value is -3.30. The van der Waals surface area contributed by atoms with Crippen molar-refractivity contribution in [2.45, 2.75) is 27.3 Å². The number of hydrogen-bond donors (Lipinski definition) is 0. The second-order valence-corrected chi connectivity index (χ2v) is 9.71. The van der Waals surface area contributed by atoms with E-state index >= 15 is 0 Å². The summed E-state index contributed by atoms with van der Waals surface area (Å²) in [6.45, 7) is 7.08. The van der Waals surface area contributed by atoms with Crippen LogP contribution in [0.25, 0.3) is 21.8 Å². The molecule has 2 aliphatic rings. The zero-order chi connectivity index (χ0) is 24.0. The molecule has 1 aromatic heterocycles. The Morgan fingerprint density at radius 2 is 1.68 bits per heavy atom. The molecule has 7 nitrogen and oxygen atoms in total. The van der Waals surface area contributed by atoms with E-state index in [0.29, 0.717) is 39.6 Å². The van der Waals surface area contributed by atoms with Gasteiger partial charge in [-0.2, -0.15) is 0 Å². The molecule has 2 amide bonds. The van der Waals surface area contributed by atoms with Crippen molar-refractivity contribution in [2.75, 3.05) is 18.0 Å². The number of imide groups is 1. The second-order valence-electron chi connectivity index (χ2n) is 7.72. The average molecular weight is 494 g/mol. The molecule has 1 saturated heterocycles. The number of thioether (sulfide) groups is 1. The van der Waals surface area contributed by atoms with Crippen molar-refractivity contribution in [1.29, 1.82) is 0 Å². The van der Waals surface area contributed by atoms with E-state index in [1.165, 1.54) is 16.2 Å². The Bertz CT molecular complexity index is 1550. The number of benzene rings is 2. The highest BCUT2D eigenvalue weighted by Gasteiger charge is 2.35. The summed E-state index contributed by atoms with van der Waals surface area (Å²) < 4.78 is 8.69. The summed E-state index contributed by atoms with van der Waals surface area (Å²) in [5.41, 5.74) is 0.825. The van der Waals surface area contributed by atoms with Crippen LogP contribution in [-0.4, -0.2) is 33.7 Å². The topological polar surface area (TPSA) is 71.8 Å². The van der Waals surface area contributed by atoms with Gasteiger partial charge in [0.1, 0.15) is 9.57 Å². The molecule has 5 rings (SSSR count). The van der Waals surface area contributed by atoms with Gasteiger partial charge in [-0.15, -0.1) is 11.3 Å². The van der Waals surface area contributed by atoms with Gasteiger partial charge in [0.25, 0.3) is 16.7 Å². The monoisotopic (exact) mass is 493 g/mol. The molecule has 0 unspecified atom stereocenters. The first-order valence-corrected chi connectivity index (χ1v) is 12.8. The van der Waals surface area contributed by atoms with Crippen molar-refractivity contribution >= 4 is 61.7 Å². The maximum atomic E-state index is 13.1. The van der Waals surface area contributed by atoms with E-state index in [0.717, 1.165) is 34.0 Å². The summed E-state index contributed by atoms with van der Waals surface area (Å²) in [6, 6.07) is 12.2. The molecule has 0 saturated carbocycles. The lowest BCUT2D eigenvalue weighted by Gasteiger charge is -2.16. The van der Waals surface area contributed by atoms with E-state index in [4.69, 9.17) is 4.74 Å². The van der Waals surface area contributed by atoms with E-state index in [1.807, 2.05) is 31.2 Å². The fourth-order valence-corrected chi connectivity index (χ4v) is 6.43.